The molecule has 21 heavy (non-hydrogen) atoms. The van der Waals surface area contributed by atoms with Gasteiger partial charge in [0.05, 0.1) is 17.4 Å². The lowest BCUT2D eigenvalue weighted by Gasteiger charge is -2.35. The van der Waals surface area contributed by atoms with Gasteiger partial charge in [-0.2, -0.15) is 0 Å². The highest BCUT2D eigenvalue weighted by Gasteiger charge is 2.38. The molecule has 0 aromatic heterocycles. The molecular weight excluding hydrogens is 260 g/mol. The molecule has 1 aromatic rings. The zero-order valence-corrected chi connectivity index (χ0v) is 13.3. The minimum atomic E-state index is 0.0315. The van der Waals surface area contributed by atoms with Crippen LogP contribution in [-0.4, -0.2) is 11.8 Å². The van der Waals surface area contributed by atoms with Gasteiger partial charge in [0.25, 0.3) is 0 Å². The molecule has 1 aliphatic heterocycles. The Bertz CT molecular complexity index is 613. The van der Waals surface area contributed by atoms with Crippen molar-refractivity contribution < 1.29 is 4.79 Å². The molecule has 0 amide bonds. The van der Waals surface area contributed by atoms with Crippen LogP contribution in [0, 0.1) is 11.3 Å². The Morgan fingerprint density at radius 1 is 1.14 bits per heavy atom. The van der Waals surface area contributed by atoms with Crippen molar-refractivity contribution in [1.29, 1.82) is 0 Å². The van der Waals surface area contributed by atoms with Crippen LogP contribution in [0.25, 0.3) is 0 Å². The zero-order chi connectivity index (χ0) is 15.2. The standard InChI is InChI=1S/C18H24N2O/c1-11(2)17-16-14(9-18(3,4)10-15(16)21)19-12-7-5-6-8-13(12)20-17/h5-8,11,17,19-20H,9-10H2,1-4H3. The lowest BCUT2D eigenvalue weighted by molar-refractivity contribution is -0.118. The highest BCUT2D eigenvalue weighted by Crippen LogP contribution is 2.42. The van der Waals surface area contributed by atoms with Gasteiger partial charge in [-0.1, -0.05) is 39.8 Å². The fourth-order valence-electron chi connectivity index (χ4n) is 3.43. The first kappa shape index (κ1) is 14.2. The summed E-state index contributed by atoms with van der Waals surface area (Å²) in [4.78, 5) is 12.7. The van der Waals surface area contributed by atoms with Crippen molar-refractivity contribution in [1.82, 2.24) is 0 Å². The number of nitrogens with one attached hydrogen (secondary N) is 2. The van der Waals surface area contributed by atoms with Crippen molar-refractivity contribution in [2.75, 3.05) is 10.6 Å². The molecule has 0 saturated heterocycles. The van der Waals surface area contributed by atoms with Crippen LogP contribution in [0.3, 0.4) is 0 Å². The molecule has 0 spiro atoms. The predicted octanol–water partition coefficient (Wildman–Crippen LogP) is 4.19. The monoisotopic (exact) mass is 284 g/mol. The summed E-state index contributed by atoms with van der Waals surface area (Å²) in [6.07, 6.45) is 1.56. The second-order valence-corrected chi connectivity index (χ2v) is 7.37. The number of fused-ring (bicyclic) bond motifs is 1. The number of benzene rings is 1. The first-order valence-electron chi connectivity index (χ1n) is 7.76. The van der Waals surface area contributed by atoms with Gasteiger partial charge >= 0.3 is 0 Å². The van der Waals surface area contributed by atoms with Crippen LogP contribution in [0.15, 0.2) is 35.5 Å². The average molecular weight is 284 g/mol. The van der Waals surface area contributed by atoms with Gasteiger partial charge in [-0.3, -0.25) is 4.79 Å². The zero-order valence-electron chi connectivity index (χ0n) is 13.3. The third kappa shape index (κ3) is 2.57. The van der Waals surface area contributed by atoms with E-state index in [1.807, 2.05) is 12.1 Å². The van der Waals surface area contributed by atoms with Crippen molar-refractivity contribution in [2.45, 2.75) is 46.6 Å². The summed E-state index contributed by atoms with van der Waals surface area (Å²) in [6.45, 7) is 8.68. The molecule has 0 bridgehead atoms. The summed E-state index contributed by atoms with van der Waals surface area (Å²) in [5, 5.41) is 7.10. The summed E-state index contributed by atoms with van der Waals surface area (Å²) in [5.74, 6) is 0.654. The molecule has 1 aromatic carbocycles. The molecule has 112 valence electrons. The Labute approximate surface area is 126 Å². The molecule has 3 rings (SSSR count). The van der Waals surface area contributed by atoms with E-state index in [1.54, 1.807) is 0 Å². The van der Waals surface area contributed by atoms with Crippen LogP contribution in [-0.2, 0) is 4.79 Å². The molecule has 0 radical (unpaired) electrons. The summed E-state index contributed by atoms with van der Waals surface area (Å²) >= 11 is 0. The van der Waals surface area contributed by atoms with Crippen molar-refractivity contribution >= 4 is 17.2 Å². The van der Waals surface area contributed by atoms with Gasteiger partial charge in [0, 0.05) is 17.7 Å². The third-order valence-corrected chi connectivity index (χ3v) is 4.42. The number of carbonyl (C=O) groups is 1. The maximum Gasteiger partial charge on any atom is 0.163 e. The lowest BCUT2D eigenvalue weighted by atomic mass is 9.73. The highest BCUT2D eigenvalue weighted by molar-refractivity contribution is 6.00. The largest absolute Gasteiger partial charge is 0.376 e. The van der Waals surface area contributed by atoms with E-state index in [9.17, 15) is 4.79 Å². The summed E-state index contributed by atoms with van der Waals surface area (Å²) in [6, 6.07) is 8.29. The number of allylic oxidation sites excluding steroid dienone is 1. The number of Topliss-reactive ketones (excluding diaryl/α,β-unsaturated/α-hetero) is 1. The molecule has 1 aliphatic carbocycles. The average Bonchev–Trinajstić information content (AvgIpc) is 2.53. The smallest absolute Gasteiger partial charge is 0.163 e. The van der Waals surface area contributed by atoms with E-state index in [0.717, 1.165) is 29.1 Å². The summed E-state index contributed by atoms with van der Waals surface area (Å²) in [7, 11) is 0. The predicted molar refractivity (Wildman–Crippen MR) is 87.4 cm³/mol. The van der Waals surface area contributed by atoms with Gasteiger partial charge in [0.2, 0.25) is 0 Å². The number of para-hydroxylation sites is 2. The van der Waals surface area contributed by atoms with E-state index >= 15 is 0 Å². The Morgan fingerprint density at radius 3 is 2.48 bits per heavy atom. The number of rotatable bonds is 1. The Balaban J connectivity index is 2.12. The molecular formula is C18H24N2O. The molecule has 0 saturated carbocycles. The molecule has 0 fully saturated rings. The van der Waals surface area contributed by atoms with Crippen molar-refractivity contribution in [3.8, 4) is 0 Å². The van der Waals surface area contributed by atoms with Crippen LogP contribution in [0.2, 0.25) is 0 Å². The normalized spacial score (nSPS) is 23.9. The Kier molecular flexibility index (Phi) is 3.31. The lowest BCUT2D eigenvalue weighted by Crippen LogP contribution is -2.37. The van der Waals surface area contributed by atoms with Crippen LogP contribution in [0.4, 0.5) is 11.4 Å². The Morgan fingerprint density at radius 2 is 1.81 bits per heavy atom. The quantitative estimate of drug-likeness (QED) is 0.812. The highest BCUT2D eigenvalue weighted by atomic mass is 16.1. The number of anilines is 2. The van der Waals surface area contributed by atoms with Crippen LogP contribution in [0.1, 0.15) is 40.5 Å². The second-order valence-electron chi connectivity index (χ2n) is 7.37. The summed E-state index contributed by atoms with van der Waals surface area (Å²) < 4.78 is 0. The first-order valence-corrected chi connectivity index (χ1v) is 7.76. The van der Waals surface area contributed by atoms with Crippen LogP contribution in [0.5, 0.6) is 0 Å². The van der Waals surface area contributed by atoms with E-state index in [0.29, 0.717) is 12.3 Å². The number of hydrogen-bond donors (Lipinski definition) is 2. The molecule has 1 unspecified atom stereocenters. The van der Waals surface area contributed by atoms with Crippen molar-refractivity contribution in [3.05, 3.63) is 35.5 Å². The van der Waals surface area contributed by atoms with E-state index in [2.05, 4.69) is 50.5 Å². The van der Waals surface area contributed by atoms with Gasteiger partial charge < -0.3 is 10.6 Å². The van der Waals surface area contributed by atoms with E-state index in [4.69, 9.17) is 0 Å². The second kappa shape index (κ2) is 4.90. The van der Waals surface area contributed by atoms with Gasteiger partial charge in [0.15, 0.2) is 5.78 Å². The molecule has 1 heterocycles. The van der Waals surface area contributed by atoms with E-state index in [1.165, 1.54) is 0 Å². The maximum atomic E-state index is 12.7. The van der Waals surface area contributed by atoms with E-state index < -0.39 is 0 Å². The fraction of sp³-hybridized carbons (Fsp3) is 0.500. The first-order chi connectivity index (χ1) is 9.87. The van der Waals surface area contributed by atoms with Crippen molar-refractivity contribution in [3.63, 3.8) is 0 Å². The molecule has 2 N–H and O–H groups in total. The number of hydrogen-bond acceptors (Lipinski definition) is 3. The minimum Gasteiger partial charge on any atom is -0.376 e. The fourth-order valence-corrected chi connectivity index (χ4v) is 3.43. The van der Waals surface area contributed by atoms with Gasteiger partial charge in [0.1, 0.15) is 0 Å². The molecule has 3 nitrogen and oxygen atoms in total. The minimum absolute atomic E-state index is 0.0315. The third-order valence-electron chi connectivity index (χ3n) is 4.42. The van der Waals surface area contributed by atoms with Crippen LogP contribution >= 0.6 is 0 Å². The molecule has 1 atom stereocenters. The summed E-state index contributed by atoms with van der Waals surface area (Å²) in [5.41, 5.74) is 4.24. The Hall–Kier alpha value is -1.77. The molecule has 2 aliphatic rings. The SMILES string of the molecule is CC(C)C1Nc2ccccc2NC2=C1C(=O)CC(C)(C)C2. The van der Waals surface area contributed by atoms with Gasteiger partial charge in [-0.15, -0.1) is 0 Å². The molecule has 3 heteroatoms. The van der Waals surface area contributed by atoms with Gasteiger partial charge in [-0.25, -0.2) is 0 Å². The maximum absolute atomic E-state index is 12.7. The van der Waals surface area contributed by atoms with E-state index in [-0.39, 0.29) is 17.2 Å². The van der Waals surface area contributed by atoms with Crippen molar-refractivity contribution in [2.24, 2.45) is 11.3 Å². The topological polar surface area (TPSA) is 41.1 Å². The van der Waals surface area contributed by atoms with Gasteiger partial charge in [-0.05, 0) is 29.9 Å². The van der Waals surface area contributed by atoms with Crippen LogP contribution < -0.4 is 10.6 Å². The number of carbonyl (C=O) groups excluding carboxylic acids is 1. The number of ketones is 1.